The highest BCUT2D eigenvalue weighted by molar-refractivity contribution is 6.04. The maximum atomic E-state index is 13.7. The Morgan fingerprint density at radius 2 is 1.55 bits per heavy atom. The van der Waals surface area contributed by atoms with E-state index in [-0.39, 0.29) is 18.9 Å². The molecule has 33 heavy (non-hydrogen) atoms. The van der Waals surface area contributed by atoms with Gasteiger partial charge in [-0.15, -0.1) is 0 Å². The maximum absolute atomic E-state index is 13.7. The van der Waals surface area contributed by atoms with Crippen molar-refractivity contribution in [3.05, 3.63) is 59.7 Å². The highest BCUT2D eigenvalue weighted by Crippen LogP contribution is 2.53. The molecular weight excluding hydrogens is 465 g/mol. The summed E-state index contributed by atoms with van der Waals surface area (Å²) in [6.07, 6.45) is -10.7. The van der Waals surface area contributed by atoms with E-state index in [1.807, 2.05) is 0 Å². The van der Waals surface area contributed by atoms with Crippen molar-refractivity contribution in [1.82, 2.24) is 4.98 Å². The van der Waals surface area contributed by atoms with E-state index in [0.717, 1.165) is 24.4 Å². The van der Waals surface area contributed by atoms with Crippen LogP contribution in [0.3, 0.4) is 0 Å². The number of methoxy groups -OCH3 is 1. The predicted octanol–water partition coefficient (Wildman–Crippen LogP) is 4.47. The van der Waals surface area contributed by atoms with Crippen molar-refractivity contribution in [3.63, 3.8) is 0 Å². The second kappa shape index (κ2) is 10.9. The number of nitrogens with one attached hydrogen (secondary N) is 1. The Labute approximate surface area is 183 Å². The second-order valence-corrected chi connectivity index (χ2v) is 6.50. The van der Waals surface area contributed by atoms with Crippen LogP contribution in [0.2, 0.25) is 0 Å². The molecule has 2 rings (SSSR count). The molecule has 0 fully saturated rings. The third-order valence-electron chi connectivity index (χ3n) is 4.33. The molecule has 0 unspecified atom stereocenters. The number of carbonyl (C=O) groups is 1. The SMILES string of the molecule is COCCOCCOC(c1ccc(NC(=O)c2cccnc2F)cc1)(C(F)(F)F)C(F)(F)F. The van der Waals surface area contributed by atoms with Gasteiger partial charge in [-0.05, 0) is 24.3 Å². The molecule has 0 spiro atoms. The minimum atomic E-state index is -5.87. The van der Waals surface area contributed by atoms with Crippen molar-refractivity contribution < 1.29 is 49.7 Å². The molecule has 0 saturated heterocycles. The Bertz CT molecular complexity index is 904. The fraction of sp³-hybridized carbons (Fsp3) is 0.400. The van der Waals surface area contributed by atoms with Crippen molar-refractivity contribution in [2.75, 3.05) is 38.9 Å². The molecule has 1 aromatic carbocycles. The van der Waals surface area contributed by atoms with Gasteiger partial charge < -0.3 is 19.5 Å². The third kappa shape index (κ3) is 6.18. The molecule has 182 valence electrons. The lowest BCUT2D eigenvalue weighted by molar-refractivity contribution is -0.390. The zero-order valence-corrected chi connectivity index (χ0v) is 17.1. The number of rotatable bonds is 10. The summed E-state index contributed by atoms with van der Waals surface area (Å²) in [5.41, 5.74) is -6.53. The average molecular weight is 484 g/mol. The smallest absolute Gasteiger partial charge is 0.382 e. The van der Waals surface area contributed by atoms with Gasteiger partial charge in [0.05, 0.1) is 32.0 Å². The molecule has 2 aromatic rings. The number of nitrogens with zero attached hydrogens (tertiary/aromatic N) is 1. The van der Waals surface area contributed by atoms with Crippen LogP contribution >= 0.6 is 0 Å². The predicted molar refractivity (Wildman–Crippen MR) is 101 cm³/mol. The average Bonchev–Trinajstić information content (AvgIpc) is 2.72. The Morgan fingerprint density at radius 1 is 0.939 bits per heavy atom. The lowest BCUT2D eigenvalue weighted by Gasteiger charge is -2.37. The molecule has 0 aliphatic carbocycles. The van der Waals surface area contributed by atoms with E-state index in [4.69, 9.17) is 4.74 Å². The van der Waals surface area contributed by atoms with E-state index in [0.29, 0.717) is 12.1 Å². The maximum Gasteiger partial charge on any atom is 0.430 e. The lowest BCUT2D eigenvalue weighted by Crippen LogP contribution is -2.56. The van der Waals surface area contributed by atoms with Crippen LogP contribution in [0.25, 0.3) is 0 Å². The van der Waals surface area contributed by atoms with Gasteiger partial charge in [0, 0.05) is 24.6 Å². The van der Waals surface area contributed by atoms with Crippen molar-refractivity contribution >= 4 is 11.6 Å². The zero-order chi connectivity index (χ0) is 24.7. The number of carbonyl (C=O) groups excluding carboxylic acids is 1. The molecular formula is C20H19F7N2O4. The Morgan fingerprint density at radius 3 is 2.09 bits per heavy atom. The summed E-state index contributed by atoms with van der Waals surface area (Å²) in [4.78, 5) is 15.4. The molecule has 6 nitrogen and oxygen atoms in total. The first kappa shape index (κ1) is 26.5. The first-order valence-corrected chi connectivity index (χ1v) is 9.30. The largest absolute Gasteiger partial charge is 0.430 e. The minimum absolute atomic E-state index is 0.0448. The fourth-order valence-corrected chi connectivity index (χ4v) is 2.78. The van der Waals surface area contributed by atoms with Crippen LogP contribution in [-0.4, -0.2) is 56.8 Å². The number of anilines is 1. The second-order valence-electron chi connectivity index (χ2n) is 6.50. The van der Waals surface area contributed by atoms with Gasteiger partial charge in [0.2, 0.25) is 5.95 Å². The number of hydrogen-bond donors (Lipinski definition) is 1. The number of benzene rings is 1. The van der Waals surface area contributed by atoms with Crippen molar-refractivity contribution in [1.29, 1.82) is 0 Å². The Hall–Kier alpha value is -2.77. The first-order valence-electron chi connectivity index (χ1n) is 9.30. The topological polar surface area (TPSA) is 69.7 Å². The molecule has 1 aromatic heterocycles. The van der Waals surface area contributed by atoms with Crippen LogP contribution in [-0.2, 0) is 19.8 Å². The van der Waals surface area contributed by atoms with Crippen LogP contribution in [0.1, 0.15) is 15.9 Å². The molecule has 1 heterocycles. The van der Waals surface area contributed by atoms with Crippen molar-refractivity contribution in [3.8, 4) is 0 Å². The molecule has 0 atom stereocenters. The number of aromatic nitrogens is 1. The van der Waals surface area contributed by atoms with Crippen LogP contribution in [0.15, 0.2) is 42.6 Å². The summed E-state index contributed by atoms with van der Waals surface area (Å²) >= 11 is 0. The Balaban J connectivity index is 2.28. The van der Waals surface area contributed by atoms with Crippen LogP contribution < -0.4 is 5.32 Å². The van der Waals surface area contributed by atoms with Gasteiger partial charge in [0.25, 0.3) is 11.5 Å². The quantitative estimate of drug-likeness (QED) is 0.306. The Kier molecular flexibility index (Phi) is 8.75. The monoisotopic (exact) mass is 484 g/mol. The molecule has 1 N–H and O–H groups in total. The number of pyridine rings is 1. The van der Waals surface area contributed by atoms with Crippen molar-refractivity contribution in [2.45, 2.75) is 18.0 Å². The van der Waals surface area contributed by atoms with E-state index in [2.05, 4.69) is 19.8 Å². The van der Waals surface area contributed by atoms with Crippen LogP contribution in [0.4, 0.5) is 36.4 Å². The highest BCUT2D eigenvalue weighted by Gasteiger charge is 2.73. The van der Waals surface area contributed by atoms with E-state index in [1.165, 1.54) is 13.2 Å². The fourth-order valence-electron chi connectivity index (χ4n) is 2.78. The molecule has 1 amide bonds. The number of alkyl halides is 6. The summed E-state index contributed by atoms with van der Waals surface area (Å²) in [5, 5.41) is 2.17. The zero-order valence-electron chi connectivity index (χ0n) is 17.1. The van der Waals surface area contributed by atoms with Gasteiger partial charge in [0.15, 0.2) is 0 Å². The first-order chi connectivity index (χ1) is 15.4. The van der Waals surface area contributed by atoms with E-state index < -0.39 is 54.1 Å². The standard InChI is InChI=1S/C20H19F7N2O4/c1-31-9-10-32-11-12-33-18(19(22,23)24,20(25,26)27)13-4-6-14(7-5-13)29-17(30)15-3-2-8-28-16(15)21/h2-8H,9-12H2,1H3,(H,29,30). The van der Waals surface area contributed by atoms with Crippen molar-refractivity contribution in [2.24, 2.45) is 0 Å². The lowest BCUT2D eigenvalue weighted by atomic mass is 9.91. The van der Waals surface area contributed by atoms with E-state index >= 15 is 0 Å². The van der Waals surface area contributed by atoms with Gasteiger partial charge in [0.1, 0.15) is 0 Å². The number of hydrogen-bond acceptors (Lipinski definition) is 5. The number of amides is 1. The summed E-state index contributed by atoms with van der Waals surface area (Å²) in [6.45, 7) is -1.50. The summed E-state index contributed by atoms with van der Waals surface area (Å²) in [5.74, 6) is -2.09. The molecule has 0 aliphatic heterocycles. The van der Waals surface area contributed by atoms with Gasteiger partial charge in [-0.1, -0.05) is 12.1 Å². The summed E-state index contributed by atoms with van der Waals surface area (Å²) < 4.78 is 110. The number of ether oxygens (including phenoxy) is 3. The van der Waals surface area contributed by atoms with Gasteiger partial charge in [-0.2, -0.15) is 30.7 Å². The molecule has 0 aliphatic rings. The normalized spacial score (nSPS) is 12.6. The van der Waals surface area contributed by atoms with Gasteiger partial charge in [-0.3, -0.25) is 4.79 Å². The molecule has 0 saturated carbocycles. The summed E-state index contributed by atoms with van der Waals surface area (Å²) in [7, 11) is 1.34. The van der Waals surface area contributed by atoms with E-state index in [9.17, 15) is 35.5 Å². The van der Waals surface area contributed by atoms with Gasteiger partial charge >= 0.3 is 12.4 Å². The van der Waals surface area contributed by atoms with E-state index in [1.54, 1.807) is 0 Å². The summed E-state index contributed by atoms with van der Waals surface area (Å²) in [6, 6.07) is 5.04. The third-order valence-corrected chi connectivity index (χ3v) is 4.33. The molecule has 0 radical (unpaired) electrons. The highest BCUT2D eigenvalue weighted by atomic mass is 19.4. The molecule has 0 bridgehead atoms. The minimum Gasteiger partial charge on any atom is -0.382 e. The number of halogens is 7. The van der Waals surface area contributed by atoms with Gasteiger partial charge in [-0.25, -0.2) is 4.98 Å². The van der Waals surface area contributed by atoms with Crippen LogP contribution in [0, 0.1) is 5.95 Å². The van der Waals surface area contributed by atoms with Crippen LogP contribution in [0.5, 0.6) is 0 Å². The molecule has 13 heteroatoms.